The number of aliphatic carboxylic acids is 1. The number of methoxy groups -OCH3 is 1. The molecule has 2 aromatic carbocycles. The van der Waals surface area contributed by atoms with E-state index >= 15 is 0 Å². The Morgan fingerprint density at radius 1 is 0.971 bits per heavy atom. The number of carbonyl (C=O) groups excluding carboxylic acids is 2. The van der Waals surface area contributed by atoms with Crippen molar-refractivity contribution >= 4 is 18.0 Å². The van der Waals surface area contributed by atoms with E-state index < -0.39 is 18.1 Å². The molecule has 0 heterocycles. The molecule has 188 valence electrons. The van der Waals surface area contributed by atoms with Crippen molar-refractivity contribution in [2.45, 2.75) is 57.0 Å². The number of carboxylic acid groups (broad SMARTS) is 1. The summed E-state index contributed by atoms with van der Waals surface area (Å²) in [4.78, 5) is 36.5. The monoisotopic (exact) mass is 482 g/mol. The molecule has 2 unspecified atom stereocenters. The molecule has 2 aromatic rings. The summed E-state index contributed by atoms with van der Waals surface area (Å²) in [6, 6.07) is 15.1. The standard InChI is InChI=1S/C27H34N2O6/c1-3-18(14-15-25(30)31)28-26(32)24(13-8-16-34-2)29-27(33)35-17-23-21-11-6-4-9-19(21)20-10-5-7-12-22(20)23/h4-7,9-12,18,23-24H,3,8,13-17H2,1-2H3,(H,28,32)(H,29,33)(H,30,31). The highest BCUT2D eigenvalue weighted by atomic mass is 16.5. The van der Waals surface area contributed by atoms with Crippen LogP contribution < -0.4 is 10.6 Å². The topological polar surface area (TPSA) is 114 Å². The minimum Gasteiger partial charge on any atom is -0.481 e. The molecule has 2 amide bonds. The van der Waals surface area contributed by atoms with Gasteiger partial charge in [0.15, 0.2) is 0 Å². The fourth-order valence-corrected chi connectivity index (χ4v) is 4.46. The van der Waals surface area contributed by atoms with Crippen molar-refractivity contribution in [3.8, 4) is 11.1 Å². The predicted octanol–water partition coefficient (Wildman–Crippen LogP) is 4.08. The van der Waals surface area contributed by atoms with E-state index in [1.807, 2.05) is 43.3 Å². The number of alkyl carbamates (subject to hydrolysis) is 1. The molecule has 3 rings (SSSR count). The summed E-state index contributed by atoms with van der Waals surface area (Å²) in [5, 5.41) is 14.5. The van der Waals surface area contributed by atoms with Gasteiger partial charge in [0.05, 0.1) is 0 Å². The van der Waals surface area contributed by atoms with Gasteiger partial charge in [-0.3, -0.25) is 9.59 Å². The van der Waals surface area contributed by atoms with Crippen LogP contribution in [0.15, 0.2) is 48.5 Å². The number of fused-ring (bicyclic) bond motifs is 3. The molecule has 0 radical (unpaired) electrons. The molecule has 2 atom stereocenters. The minimum absolute atomic E-state index is 0.0348. The average molecular weight is 483 g/mol. The third-order valence-corrected chi connectivity index (χ3v) is 6.34. The maximum Gasteiger partial charge on any atom is 0.407 e. The van der Waals surface area contributed by atoms with Gasteiger partial charge in [-0.15, -0.1) is 0 Å². The summed E-state index contributed by atoms with van der Waals surface area (Å²) in [5.74, 6) is -1.34. The van der Waals surface area contributed by atoms with Crippen LogP contribution in [0, 0.1) is 0 Å². The Bertz CT molecular complexity index is 979. The number of hydrogen-bond donors (Lipinski definition) is 3. The lowest BCUT2D eigenvalue weighted by atomic mass is 9.98. The highest BCUT2D eigenvalue weighted by Gasteiger charge is 2.30. The van der Waals surface area contributed by atoms with Crippen LogP contribution in [-0.4, -0.2) is 55.5 Å². The smallest absolute Gasteiger partial charge is 0.407 e. The largest absolute Gasteiger partial charge is 0.481 e. The first-order valence-electron chi connectivity index (χ1n) is 12.1. The second-order valence-electron chi connectivity index (χ2n) is 8.70. The molecular weight excluding hydrogens is 448 g/mol. The van der Waals surface area contributed by atoms with Crippen LogP contribution in [-0.2, 0) is 19.1 Å². The van der Waals surface area contributed by atoms with Crippen LogP contribution in [0.4, 0.5) is 4.79 Å². The molecule has 3 N–H and O–H groups in total. The molecule has 8 nitrogen and oxygen atoms in total. The van der Waals surface area contributed by atoms with Gasteiger partial charge in [0, 0.05) is 32.1 Å². The Morgan fingerprint density at radius 3 is 2.17 bits per heavy atom. The molecule has 0 aliphatic heterocycles. The quantitative estimate of drug-likeness (QED) is 0.371. The van der Waals surface area contributed by atoms with E-state index in [9.17, 15) is 14.4 Å². The maximum atomic E-state index is 12.9. The normalized spacial score (nSPS) is 13.9. The average Bonchev–Trinajstić information content (AvgIpc) is 3.18. The Hall–Kier alpha value is -3.39. The van der Waals surface area contributed by atoms with Gasteiger partial charge in [0.25, 0.3) is 0 Å². The van der Waals surface area contributed by atoms with Crippen molar-refractivity contribution in [2.24, 2.45) is 0 Å². The molecule has 1 aliphatic rings. The molecule has 8 heteroatoms. The van der Waals surface area contributed by atoms with E-state index in [1.54, 1.807) is 7.11 Å². The molecule has 0 saturated heterocycles. The fourth-order valence-electron chi connectivity index (χ4n) is 4.46. The van der Waals surface area contributed by atoms with Crippen molar-refractivity contribution in [3.63, 3.8) is 0 Å². The second kappa shape index (κ2) is 12.9. The Labute approximate surface area is 206 Å². The number of benzene rings is 2. The first-order valence-corrected chi connectivity index (χ1v) is 12.1. The molecule has 35 heavy (non-hydrogen) atoms. The Morgan fingerprint density at radius 2 is 1.60 bits per heavy atom. The second-order valence-corrected chi connectivity index (χ2v) is 8.70. The van der Waals surface area contributed by atoms with Gasteiger partial charge in [0.1, 0.15) is 12.6 Å². The van der Waals surface area contributed by atoms with Gasteiger partial charge in [-0.2, -0.15) is 0 Å². The van der Waals surface area contributed by atoms with Crippen LogP contribution in [0.1, 0.15) is 56.1 Å². The number of rotatable bonds is 13. The third-order valence-electron chi connectivity index (χ3n) is 6.34. The maximum absolute atomic E-state index is 12.9. The molecule has 0 fully saturated rings. The zero-order chi connectivity index (χ0) is 25.2. The zero-order valence-electron chi connectivity index (χ0n) is 20.3. The van der Waals surface area contributed by atoms with E-state index in [0.29, 0.717) is 32.3 Å². The highest BCUT2D eigenvalue weighted by molar-refractivity contribution is 5.86. The van der Waals surface area contributed by atoms with Crippen LogP contribution in [0.25, 0.3) is 11.1 Å². The van der Waals surface area contributed by atoms with Gasteiger partial charge in [-0.1, -0.05) is 55.5 Å². The van der Waals surface area contributed by atoms with Crippen LogP contribution in [0.5, 0.6) is 0 Å². The lowest BCUT2D eigenvalue weighted by molar-refractivity contribution is -0.137. The summed E-state index contributed by atoms with van der Waals surface area (Å²) in [7, 11) is 1.58. The molecule has 0 bridgehead atoms. The number of carbonyl (C=O) groups is 3. The first-order chi connectivity index (χ1) is 16.9. The molecule has 1 aliphatic carbocycles. The number of hydrogen-bond acceptors (Lipinski definition) is 5. The number of ether oxygens (including phenoxy) is 2. The van der Waals surface area contributed by atoms with E-state index in [4.69, 9.17) is 14.6 Å². The van der Waals surface area contributed by atoms with E-state index in [0.717, 1.165) is 22.3 Å². The lowest BCUT2D eigenvalue weighted by Crippen LogP contribution is -2.50. The van der Waals surface area contributed by atoms with Gasteiger partial charge in [0.2, 0.25) is 5.91 Å². The summed E-state index contributed by atoms with van der Waals surface area (Å²) in [6.07, 6.45) is 1.17. The zero-order valence-corrected chi connectivity index (χ0v) is 20.3. The first kappa shape index (κ1) is 26.2. The van der Waals surface area contributed by atoms with Crippen molar-refractivity contribution < 1.29 is 29.0 Å². The Kier molecular flexibility index (Phi) is 9.66. The van der Waals surface area contributed by atoms with Gasteiger partial charge < -0.3 is 25.2 Å². The molecule has 0 saturated carbocycles. The number of nitrogens with one attached hydrogen (secondary N) is 2. The summed E-state index contributed by atoms with van der Waals surface area (Å²) in [5.41, 5.74) is 4.50. The molecular formula is C27H34N2O6. The van der Waals surface area contributed by atoms with Crippen LogP contribution >= 0.6 is 0 Å². The number of carboxylic acids is 1. The highest BCUT2D eigenvalue weighted by Crippen LogP contribution is 2.44. The SMILES string of the molecule is CCC(CCC(=O)O)NC(=O)C(CCCOC)NC(=O)OCC1c2ccccc2-c2ccccc21. The summed E-state index contributed by atoms with van der Waals surface area (Å²) < 4.78 is 10.7. The van der Waals surface area contributed by atoms with Crippen molar-refractivity contribution in [2.75, 3.05) is 20.3 Å². The fraction of sp³-hybridized carbons (Fsp3) is 0.444. The van der Waals surface area contributed by atoms with Gasteiger partial charge in [-0.25, -0.2) is 4.79 Å². The third kappa shape index (κ3) is 7.05. The van der Waals surface area contributed by atoms with Gasteiger partial charge in [-0.05, 0) is 47.9 Å². The lowest BCUT2D eigenvalue weighted by Gasteiger charge is -2.23. The van der Waals surface area contributed by atoms with Crippen molar-refractivity contribution in [1.29, 1.82) is 0 Å². The van der Waals surface area contributed by atoms with E-state index in [2.05, 4.69) is 22.8 Å². The van der Waals surface area contributed by atoms with Gasteiger partial charge >= 0.3 is 12.1 Å². The summed E-state index contributed by atoms with van der Waals surface area (Å²) >= 11 is 0. The number of amides is 2. The Balaban J connectivity index is 1.62. The van der Waals surface area contributed by atoms with E-state index in [-0.39, 0.29) is 30.9 Å². The van der Waals surface area contributed by atoms with Crippen LogP contribution in [0.3, 0.4) is 0 Å². The summed E-state index contributed by atoms with van der Waals surface area (Å²) in [6.45, 7) is 2.49. The van der Waals surface area contributed by atoms with Crippen molar-refractivity contribution in [1.82, 2.24) is 10.6 Å². The van der Waals surface area contributed by atoms with E-state index in [1.165, 1.54) is 0 Å². The molecule has 0 aromatic heterocycles. The molecule has 0 spiro atoms. The minimum atomic E-state index is -0.911. The van der Waals surface area contributed by atoms with Crippen LogP contribution in [0.2, 0.25) is 0 Å². The van der Waals surface area contributed by atoms with Crippen molar-refractivity contribution in [3.05, 3.63) is 59.7 Å². The predicted molar refractivity (Wildman–Crippen MR) is 132 cm³/mol.